The van der Waals surface area contributed by atoms with Crippen LogP contribution in [0.1, 0.15) is 36.0 Å². The molecule has 0 unspecified atom stereocenters. The molecule has 26 nitrogen and oxygen atoms in total. The van der Waals surface area contributed by atoms with Gasteiger partial charge in [-0.3, -0.25) is 22.8 Å². The van der Waals surface area contributed by atoms with Crippen molar-refractivity contribution in [3.63, 3.8) is 0 Å². The molecule has 6 aromatic rings. The lowest BCUT2D eigenvalue weighted by Gasteiger charge is -2.10. The van der Waals surface area contributed by atoms with Crippen molar-refractivity contribution in [2.45, 2.75) is 59.6 Å². The number of azo groups is 2. The quantitative estimate of drug-likeness (QED) is 0.0118. The molecule has 0 saturated carbocycles. The minimum absolute atomic E-state index is 0.0642. The molecule has 0 fully saturated rings. The van der Waals surface area contributed by atoms with E-state index in [0.29, 0.717) is 60.9 Å². The molecule has 0 amide bonds. The molecule has 35 heteroatoms. The summed E-state index contributed by atoms with van der Waals surface area (Å²) in [6, 6.07) is 16.6. The molecule has 0 atom stereocenters. The van der Waals surface area contributed by atoms with Crippen molar-refractivity contribution < 1.29 is 82.2 Å². The molecule has 0 radical (unpaired) electrons. The molecular formula is C41H47N7O19S9. The second kappa shape index (κ2) is 26.9. The van der Waals surface area contributed by atoms with Crippen molar-refractivity contribution in [3.8, 4) is 5.75 Å². The highest BCUT2D eigenvalue weighted by atomic mass is 32.2. The summed E-state index contributed by atoms with van der Waals surface area (Å²) in [5.41, 5.74) is 16.0. The van der Waals surface area contributed by atoms with Gasteiger partial charge in [-0.1, -0.05) is 23.5 Å². The van der Waals surface area contributed by atoms with Crippen molar-refractivity contribution >= 4 is 151 Å². The number of nitrogens with two attached hydrogens (primary N) is 2. The van der Waals surface area contributed by atoms with E-state index in [4.69, 9.17) is 37.9 Å². The summed E-state index contributed by atoms with van der Waals surface area (Å²) < 4.78 is 191. The number of aromatic nitrogens is 1. The van der Waals surface area contributed by atoms with Gasteiger partial charge in [-0.2, -0.15) is 47.2 Å². The zero-order valence-electron chi connectivity index (χ0n) is 39.7. The Morgan fingerprint density at radius 2 is 1.13 bits per heavy atom. The number of aryl methyl sites for hydroxylation is 3. The van der Waals surface area contributed by atoms with Gasteiger partial charge in [0.1, 0.15) is 16.2 Å². The topological polar surface area (TPSA) is 447 Å². The minimum Gasteiger partial charge on any atom is -0.491 e. The number of hydrogen-bond donors (Lipinski definition) is 7. The molecule has 1 aromatic heterocycles. The van der Waals surface area contributed by atoms with Crippen LogP contribution in [-0.4, -0.2) is 118 Å². The molecule has 414 valence electrons. The van der Waals surface area contributed by atoms with Gasteiger partial charge in [0.05, 0.1) is 56.2 Å². The standard InChI is InChI=1S/C31H32N6O12S7.C10H15NO4S.O3S/c1-17-11-22(32)26(50-7-3-9-53(38,39)40)15-23(17)34-36-25-12-18(2)24(16-27(25)51-8-4-10-54(41,42)43)35-37-31-33-29-28(56(47,48)49)13-19-5-6-20(55(44,45)46)14-21(19)30(29)52-31;1-8-3-4-10(9(11)7-8)15-5-2-6-16(12,13)14;1-4(2)3/h5-6,11-16H,3-4,7-10,32H2,1-2H3,(H,38,39,40)(H,41,42,43)(H,44,45,46)(H,47,48,49);3-4,7H,2,5-6,11H2,1H3,(H,12,13,14);. The van der Waals surface area contributed by atoms with E-state index in [9.17, 15) is 55.7 Å². The second-order valence-corrected chi connectivity index (χ2v) is 27.0. The van der Waals surface area contributed by atoms with Gasteiger partial charge < -0.3 is 16.2 Å². The van der Waals surface area contributed by atoms with Crippen LogP contribution in [0.25, 0.3) is 21.0 Å². The van der Waals surface area contributed by atoms with E-state index in [1.807, 2.05) is 13.0 Å². The van der Waals surface area contributed by atoms with Crippen LogP contribution < -0.4 is 16.2 Å². The van der Waals surface area contributed by atoms with Crippen LogP contribution in [0, 0.1) is 20.8 Å². The average Bonchev–Trinajstić information content (AvgIpc) is 3.71. The van der Waals surface area contributed by atoms with Crippen LogP contribution in [0.5, 0.6) is 5.75 Å². The van der Waals surface area contributed by atoms with Gasteiger partial charge in [0.25, 0.3) is 50.6 Å². The van der Waals surface area contributed by atoms with E-state index < -0.39 is 82.5 Å². The van der Waals surface area contributed by atoms with E-state index in [1.54, 1.807) is 50.2 Å². The molecule has 0 bridgehead atoms. The number of anilines is 2. The summed E-state index contributed by atoms with van der Waals surface area (Å²) in [5, 5.41) is 17.8. The first kappa shape index (κ1) is 63.3. The zero-order valence-corrected chi connectivity index (χ0v) is 47.1. The highest BCUT2D eigenvalue weighted by Crippen LogP contribution is 2.42. The highest BCUT2D eigenvalue weighted by Gasteiger charge is 2.23. The maximum atomic E-state index is 12.3. The summed E-state index contributed by atoms with van der Waals surface area (Å²) in [6.45, 7) is 5.59. The molecule has 0 aliphatic rings. The summed E-state index contributed by atoms with van der Waals surface area (Å²) in [6.07, 6.45) is 0.509. The van der Waals surface area contributed by atoms with Crippen LogP contribution in [-0.2, 0) is 61.2 Å². The molecule has 0 aliphatic heterocycles. The first-order valence-electron chi connectivity index (χ1n) is 21.2. The van der Waals surface area contributed by atoms with Gasteiger partial charge in [-0.15, -0.1) is 51.5 Å². The van der Waals surface area contributed by atoms with Crippen LogP contribution in [0.15, 0.2) is 107 Å². The van der Waals surface area contributed by atoms with Gasteiger partial charge >= 0.3 is 10.6 Å². The van der Waals surface area contributed by atoms with Crippen LogP contribution in [0.3, 0.4) is 0 Å². The smallest absolute Gasteiger partial charge is 0.425 e. The van der Waals surface area contributed by atoms with Crippen molar-refractivity contribution in [3.05, 3.63) is 83.4 Å². The number of thiazole rings is 1. The normalized spacial score (nSPS) is 12.4. The number of rotatable bonds is 21. The number of benzene rings is 5. The predicted molar refractivity (Wildman–Crippen MR) is 287 cm³/mol. The Labute approximate surface area is 450 Å². The van der Waals surface area contributed by atoms with Gasteiger partial charge in [-0.05, 0) is 128 Å². The Morgan fingerprint density at radius 3 is 1.68 bits per heavy atom. The third-order valence-corrected chi connectivity index (χ3v) is 17.1. The largest absolute Gasteiger partial charge is 0.491 e. The lowest BCUT2D eigenvalue weighted by atomic mass is 10.1. The second-order valence-electron chi connectivity index (χ2n) is 15.8. The maximum absolute atomic E-state index is 12.3. The summed E-state index contributed by atoms with van der Waals surface area (Å²) >= 11 is 3.34. The number of hydrogen-bond acceptors (Lipinski definition) is 24. The first-order valence-corrected chi connectivity index (χ1v) is 32.7. The average molecular weight is 1230 g/mol. The zero-order chi connectivity index (χ0) is 57.0. The Bertz CT molecular complexity index is 3890. The maximum Gasteiger partial charge on any atom is 0.425 e. The van der Waals surface area contributed by atoms with Crippen molar-refractivity contribution in [1.82, 2.24) is 4.98 Å². The number of ether oxygens (including phenoxy) is 1. The van der Waals surface area contributed by atoms with E-state index in [1.165, 1.54) is 29.6 Å². The van der Waals surface area contributed by atoms with Gasteiger partial charge in [0, 0.05) is 20.9 Å². The molecule has 0 spiro atoms. The van der Waals surface area contributed by atoms with Gasteiger partial charge in [0.15, 0.2) is 0 Å². The number of nitrogen functional groups attached to an aromatic ring is 2. The molecule has 1 heterocycles. The Hall–Kier alpha value is -5.28. The molecule has 9 N–H and O–H groups in total. The lowest BCUT2D eigenvalue weighted by molar-refractivity contribution is 0.317. The van der Waals surface area contributed by atoms with Crippen molar-refractivity contribution in [2.75, 3.05) is 46.8 Å². The summed E-state index contributed by atoms with van der Waals surface area (Å²) in [4.78, 5) is 4.37. The van der Waals surface area contributed by atoms with Crippen LogP contribution in [0.4, 0.5) is 33.6 Å². The summed E-state index contributed by atoms with van der Waals surface area (Å²) in [5.74, 6) is -0.0610. The number of nitrogens with zero attached hydrogens (tertiary/aromatic N) is 5. The van der Waals surface area contributed by atoms with E-state index in [2.05, 4.69) is 25.4 Å². The number of fused-ring (bicyclic) bond motifs is 3. The Morgan fingerprint density at radius 1 is 0.605 bits per heavy atom. The molecule has 6 rings (SSSR count). The molecular weight excluding hydrogens is 1180 g/mol. The fourth-order valence-electron chi connectivity index (χ4n) is 6.30. The van der Waals surface area contributed by atoms with Crippen molar-refractivity contribution in [1.29, 1.82) is 0 Å². The fraction of sp³-hybridized carbons (Fsp3) is 0.293. The monoisotopic (exact) mass is 1230 g/mol. The molecule has 0 aliphatic carbocycles. The third-order valence-electron chi connectivity index (χ3n) is 9.67. The summed E-state index contributed by atoms with van der Waals surface area (Å²) in [7, 11) is -24.7. The molecule has 76 heavy (non-hydrogen) atoms. The van der Waals surface area contributed by atoms with E-state index in [0.717, 1.165) is 35.1 Å². The van der Waals surface area contributed by atoms with Gasteiger partial charge in [-0.25, -0.2) is 4.98 Å². The Balaban J connectivity index is 0.000000523. The number of thioether (sulfide) groups is 2. The predicted octanol–water partition coefficient (Wildman–Crippen LogP) is 7.94. The lowest BCUT2D eigenvalue weighted by Crippen LogP contribution is -2.09. The fourth-order valence-corrected chi connectivity index (χ4v) is 12.2. The van der Waals surface area contributed by atoms with E-state index in [-0.39, 0.29) is 63.5 Å². The van der Waals surface area contributed by atoms with Crippen LogP contribution >= 0.6 is 34.9 Å². The van der Waals surface area contributed by atoms with Crippen LogP contribution in [0.2, 0.25) is 0 Å². The Kier molecular flexibility index (Phi) is 22.4. The molecule has 5 aromatic carbocycles. The third kappa shape index (κ3) is 20.9. The molecule has 0 saturated heterocycles. The van der Waals surface area contributed by atoms with Gasteiger partial charge in [0.2, 0.25) is 5.13 Å². The van der Waals surface area contributed by atoms with Crippen molar-refractivity contribution in [2.24, 2.45) is 20.5 Å². The SMILES string of the molecule is Cc1cc(N=Nc2cc(SCCCS(=O)(=O)O)c(N)cc2C)c(SCCCS(=O)(=O)O)cc1N=Nc1nc2c(S(=O)(=O)O)cc3ccc(S(=O)(=O)O)cc3c2s1.Cc1ccc(OCCCS(=O)(=O)O)c(N)c1.O=S(=O)=O. The highest BCUT2D eigenvalue weighted by molar-refractivity contribution is 7.99. The van der Waals surface area contributed by atoms with E-state index >= 15 is 0 Å². The minimum atomic E-state index is -4.80. The first-order chi connectivity index (χ1) is 35.1.